The van der Waals surface area contributed by atoms with Crippen LogP contribution in [0.2, 0.25) is 0 Å². The van der Waals surface area contributed by atoms with Crippen LogP contribution in [0.15, 0.2) is 17.3 Å². The van der Waals surface area contributed by atoms with E-state index >= 15 is 0 Å². The fourth-order valence-electron chi connectivity index (χ4n) is 0.398. The fourth-order valence-corrected chi connectivity index (χ4v) is 0.398. The van der Waals surface area contributed by atoms with E-state index in [1.165, 1.54) is 6.92 Å². The number of methoxy groups -OCH3 is 1. The van der Waals surface area contributed by atoms with E-state index < -0.39 is 12.1 Å². The van der Waals surface area contributed by atoms with Gasteiger partial charge >= 0.3 is 6.18 Å². The Morgan fingerprint density at radius 1 is 1.45 bits per heavy atom. The third-order valence-corrected chi connectivity index (χ3v) is 0.728. The highest BCUT2D eigenvalue weighted by Gasteiger charge is 2.37. The number of allylic oxidation sites excluding steroid dienone is 1. The highest BCUT2D eigenvalue weighted by atomic mass is 19.4. The molecular formula is C6H8F3NO. The summed E-state index contributed by atoms with van der Waals surface area (Å²) in [6.45, 7) is 4.54. The van der Waals surface area contributed by atoms with Gasteiger partial charge in [0.15, 0.2) is 0 Å². The molecule has 0 spiro atoms. The van der Waals surface area contributed by atoms with Crippen LogP contribution in [0.4, 0.5) is 13.2 Å². The average molecular weight is 167 g/mol. The van der Waals surface area contributed by atoms with Gasteiger partial charge in [-0.3, -0.25) is 0 Å². The van der Waals surface area contributed by atoms with Crippen molar-refractivity contribution in [2.45, 2.75) is 13.1 Å². The third-order valence-electron chi connectivity index (χ3n) is 0.728. The number of ether oxygens (including phenoxy) is 1. The SMILES string of the molecule is C=C(C)N=C(OC)C(F)(F)F. The second kappa shape index (κ2) is 3.41. The van der Waals surface area contributed by atoms with E-state index in [2.05, 4.69) is 16.3 Å². The zero-order chi connectivity index (χ0) is 9.07. The smallest absolute Gasteiger partial charge is 0.468 e. The van der Waals surface area contributed by atoms with E-state index in [9.17, 15) is 13.2 Å². The molecule has 0 N–H and O–H groups in total. The molecule has 0 bridgehead atoms. The summed E-state index contributed by atoms with van der Waals surface area (Å²) in [5.41, 5.74) is 0.0548. The molecule has 0 radical (unpaired) electrons. The Kier molecular flexibility index (Phi) is 3.10. The molecular weight excluding hydrogens is 159 g/mol. The Morgan fingerprint density at radius 3 is 2.00 bits per heavy atom. The van der Waals surface area contributed by atoms with Gasteiger partial charge in [-0.15, -0.1) is 0 Å². The van der Waals surface area contributed by atoms with Crippen molar-refractivity contribution in [1.29, 1.82) is 0 Å². The summed E-state index contributed by atoms with van der Waals surface area (Å²) in [4.78, 5) is 3.04. The zero-order valence-corrected chi connectivity index (χ0v) is 6.20. The van der Waals surface area contributed by atoms with Gasteiger partial charge in [0.25, 0.3) is 5.90 Å². The van der Waals surface area contributed by atoms with Crippen molar-refractivity contribution in [2.24, 2.45) is 4.99 Å². The maximum atomic E-state index is 11.8. The third kappa shape index (κ3) is 3.64. The molecule has 0 aromatic carbocycles. The van der Waals surface area contributed by atoms with Gasteiger partial charge in [0.05, 0.1) is 7.11 Å². The van der Waals surface area contributed by atoms with Gasteiger partial charge in [0.1, 0.15) is 0 Å². The lowest BCUT2D eigenvalue weighted by Crippen LogP contribution is -2.24. The van der Waals surface area contributed by atoms with Crippen molar-refractivity contribution in [3.8, 4) is 0 Å². The van der Waals surface area contributed by atoms with Crippen molar-refractivity contribution >= 4 is 5.90 Å². The Labute approximate surface area is 62.4 Å². The van der Waals surface area contributed by atoms with E-state index in [-0.39, 0.29) is 5.70 Å². The molecule has 0 unspecified atom stereocenters. The minimum Gasteiger partial charge on any atom is -0.478 e. The quantitative estimate of drug-likeness (QED) is 0.433. The van der Waals surface area contributed by atoms with Crippen LogP contribution in [-0.2, 0) is 4.74 Å². The summed E-state index contributed by atoms with van der Waals surface area (Å²) in [5, 5.41) is 0. The monoisotopic (exact) mass is 167 g/mol. The molecule has 0 amide bonds. The van der Waals surface area contributed by atoms with E-state index in [1.54, 1.807) is 0 Å². The Hall–Kier alpha value is -1.00. The lowest BCUT2D eigenvalue weighted by molar-refractivity contribution is -0.0756. The fraction of sp³-hybridized carbons (Fsp3) is 0.500. The molecule has 0 aliphatic carbocycles. The minimum atomic E-state index is -4.53. The molecule has 0 atom stereocenters. The molecule has 2 nitrogen and oxygen atoms in total. The molecule has 0 rings (SSSR count). The minimum absolute atomic E-state index is 0.0548. The molecule has 0 aliphatic rings. The zero-order valence-electron chi connectivity index (χ0n) is 6.20. The maximum Gasteiger partial charge on any atom is 0.468 e. The van der Waals surface area contributed by atoms with Crippen LogP contribution in [-0.4, -0.2) is 19.2 Å². The first-order valence-electron chi connectivity index (χ1n) is 2.73. The largest absolute Gasteiger partial charge is 0.478 e. The van der Waals surface area contributed by atoms with E-state index in [4.69, 9.17) is 0 Å². The van der Waals surface area contributed by atoms with Crippen LogP contribution in [0.1, 0.15) is 6.92 Å². The number of rotatable bonds is 1. The van der Waals surface area contributed by atoms with Crippen molar-refractivity contribution in [1.82, 2.24) is 0 Å². The Morgan fingerprint density at radius 2 is 1.91 bits per heavy atom. The molecule has 0 aromatic heterocycles. The summed E-state index contributed by atoms with van der Waals surface area (Å²) in [5.74, 6) is -1.27. The first-order valence-corrected chi connectivity index (χ1v) is 2.73. The van der Waals surface area contributed by atoms with E-state index in [0.29, 0.717) is 0 Å². The lowest BCUT2D eigenvalue weighted by atomic mass is 10.5. The summed E-state index contributed by atoms with van der Waals surface area (Å²) >= 11 is 0. The molecule has 0 fully saturated rings. The van der Waals surface area contributed by atoms with E-state index in [1.807, 2.05) is 0 Å². The second-order valence-electron chi connectivity index (χ2n) is 1.85. The number of halogens is 3. The lowest BCUT2D eigenvalue weighted by Gasteiger charge is -2.07. The molecule has 0 saturated carbocycles. The summed E-state index contributed by atoms with van der Waals surface area (Å²) in [6, 6.07) is 0. The number of aliphatic imine (C=N–C) groups is 1. The highest BCUT2D eigenvalue weighted by Crippen LogP contribution is 2.18. The van der Waals surface area contributed by atoms with Crippen LogP contribution in [0.25, 0.3) is 0 Å². The first kappa shape index (κ1) is 10.0. The van der Waals surface area contributed by atoms with Gasteiger partial charge in [-0.1, -0.05) is 6.58 Å². The van der Waals surface area contributed by atoms with Crippen molar-refractivity contribution < 1.29 is 17.9 Å². The Balaban J connectivity index is 4.54. The van der Waals surface area contributed by atoms with Crippen LogP contribution < -0.4 is 0 Å². The average Bonchev–Trinajstić information content (AvgIpc) is 1.79. The number of alkyl halides is 3. The van der Waals surface area contributed by atoms with Gasteiger partial charge < -0.3 is 4.74 Å². The number of hydrogen-bond donors (Lipinski definition) is 0. The predicted molar refractivity (Wildman–Crippen MR) is 35.3 cm³/mol. The van der Waals surface area contributed by atoms with Crippen molar-refractivity contribution in [2.75, 3.05) is 7.11 Å². The molecule has 11 heavy (non-hydrogen) atoms. The Bertz CT molecular complexity index is 183. The summed E-state index contributed by atoms with van der Waals surface area (Å²) in [7, 11) is 0.912. The first-order chi connectivity index (χ1) is 4.88. The van der Waals surface area contributed by atoms with Crippen LogP contribution in [0, 0.1) is 0 Å². The number of nitrogens with zero attached hydrogens (tertiary/aromatic N) is 1. The van der Waals surface area contributed by atoms with E-state index in [0.717, 1.165) is 7.11 Å². The standard InChI is InChI=1S/C6H8F3NO/c1-4(2)10-5(11-3)6(7,8)9/h1H2,2-3H3. The molecule has 0 aliphatic heterocycles. The predicted octanol–water partition coefficient (Wildman–Crippen LogP) is 2.13. The van der Waals surface area contributed by atoms with Crippen molar-refractivity contribution in [3.63, 3.8) is 0 Å². The molecule has 5 heteroatoms. The normalized spacial score (nSPS) is 13.0. The molecule has 0 saturated heterocycles. The maximum absolute atomic E-state index is 11.8. The van der Waals surface area contributed by atoms with Gasteiger partial charge in [-0.05, 0) is 6.92 Å². The molecule has 0 aromatic rings. The topological polar surface area (TPSA) is 21.6 Å². The molecule has 64 valence electrons. The van der Waals surface area contributed by atoms with Crippen molar-refractivity contribution in [3.05, 3.63) is 12.3 Å². The van der Waals surface area contributed by atoms with Gasteiger partial charge in [0.2, 0.25) is 0 Å². The van der Waals surface area contributed by atoms with Crippen LogP contribution >= 0.6 is 0 Å². The second-order valence-corrected chi connectivity index (χ2v) is 1.85. The van der Waals surface area contributed by atoms with Crippen LogP contribution in [0.5, 0.6) is 0 Å². The summed E-state index contributed by atoms with van der Waals surface area (Å²) < 4.78 is 39.3. The summed E-state index contributed by atoms with van der Waals surface area (Å²) in [6.07, 6.45) is -4.53. The van der Waals surface area contributed by atoms with Gasteiger partial charge in [-0.2, -0.15) is 13.2 Å². The van der Waals surface area contributed by atoms with Gasteiger partial charge in [0, 0.05) is 5.70 Å². The highest BCUT2D eigenvalue weighted by molar-refractivity contribution is 5.82. The number of hydrogen-bond acceptors (Lipinski definition) is 2. The molecule has 0 heterocycles. The van der Waals surface area contributed by atoms with Crippen LogP contribution in [0.3, 0.4) is 0 Å². The van der Waals surface area contributed by atoms with Gasteiger partial charge in [-0.25, -0.2) is 4.99 Å².